The van der Waals surface area contributed by atoms with Crippen molar-refractivity contribution in [3.63, 3.8) is 0 Å². The zero-order valence-corrected chi connectivity index (χ0v) is 10.9. The van der Waals surface area contributed by atoms with Gasteiger partial charge in [-0.1, -0.05) is 6.07 Å². The second kappa shape index (κ2) is 5.75. The fourth-order valence-electron chi connectivity index (χ4n) is 1.90. The van der Waals surface area contributed by atoms with E-state index in [2.05, 4.69) is 9.97 Å². The summed E-state index contributed by atoms with van der Waals surface area (Å²) in [7, 11) is 1.54. The maximum absolute atomic E-state index is 13.0. The minimum absolute atomic E-state index is 0.237. The van der Waals surface area contributed by atoms with Crippen LogP contribution in [0.15, 0.2) is 30.6 Å². The van der Waals surface area contributed by atoms with Crippen molar-refractivity contribution in [2.45, 2.75) is 19.4 Å². The standard InChI is InChI=1S/C14H16FN3O/c1-9-5-11(15)4-3-10(9)6-12(16)13-7-14(19-2)18-8-17-13/h3-5,7-8,12H,6,16H2,1-2H3. The van der Waals surface area contributed by atoms with Crippen molar-refractivity contribution in [2.75, 3.05) is 7.11 Å². The summed E-state index contributed by atoms with van der Waals surface area (Å²) in [5.41, 5.74) is 8.71. The van der Waals surface area contributed by atoms with E-state index in [0.29, 0.717) is 18.0 Å². The van der Waals surface area contributed by atoms with Gasteiger partial charge in [-0.2, -0.15) is 0 Å². The zero-order chi connectivity index (χ0) is 13.8. The largest absolute Gasteiger partial charge is 0.481 e. The van der Waals surface area contributed by atoms with Gasteiger partial charge in [-0.25, -0.2) is 14.4 Å². The number of halogens is 1. The van der Waals surface area contributed by atoms with Crippen LogP contribution >= 0.6 is 0 Å². The molecule has 0 bridgehead atoms. The van der Waals surface area contributed by atoms with E-state index >= 15 is 0 Å². The van der Waals surface area contributed by atoms with Gasteiger partial charge in [0.1, 0.15) is 12.1 Å². The third-order valence-corrected chi connectivity index (χ3v) is 3.00. The molecule has 2 rings (SSSR count). The Morgan fingerprint density at radius 3 is 2.79 bits per heavy atom. The highest BCUT2D eigenvalue weighted by Gasteiger charge is 2.12. The monoisotopic (exact) mass is 261 g/mol. The molecule has 0 fully saturated rings. The number of aryl methyl sites for hydroxylation is 1. The highest BCUT2D eigenvalue weighted by atomic mass is 19.1. The number of hydrogen-bond donors (Lipinski definition) is 1. The summed E-state index contributed by atoms with van der Waals surface area (Å²) < 4.78 is 18.1. The normalized spacial score (nSPS) is 12.2. The molecule has 5 heteroatoms. The molecule has 100 valence electrons. The first kappa shape index (κ1) is 13.4. The van der Waals surface area contributed by atoms with Gasteiger partial charge in [0, 0.05) is 6.07 Å². The number of ether oxygens (including phenoxy) is 1. The minimum Gasteiger partial charge on any atom is -0.481 e. The summed E-state index contributed by atoms with van der Waals surface area (Å²) in [6, 6.07) is 6.13. The fourth-order valence-corrected chi connectivity index (χ4v) is 1.90. The van der Waals surface area contributed by atoms with Crippen LogP contribution < -0.4 is 10.5 Å². The van der Waals surface area contributed by atoms with Gasteiger partial charge in [0.25, 0.3) is 0 Å². The molecule has 1 aromatic heterocycles. The van der Waals surface area contributed by atoms with Crippen LogP contribution in [0.1, 0.15) is 22.9 Å². The number of nitrogens with zero attached hydrogens (tertiary/aromatic N) is 2. The average molecular weight is 261 g/mol. The number of methoxy groups -OCH3 is 1. The lowest BCUT2D eigenvalue weighted by molar-refractivity contribution is 0.395. The Labute approximate surface area is 111 Å². The maximum Gasteiger partial charge on any atom is 0.216 e. The second-order valence-electron chi connectivity index (χ2n) is 4.37. The molecule has 4 nitrogen and oxygen atoms in total. The van der Waals surface area contributed by atoms with Crippen molar-refractivity contribution in [3.8, 4) is 5.88 Å². The molecule has 1 aromatic carbocycles. The van der Waals surface area contributed by atoms with Crippen molar-refractivity contribution < 1.29 is 9.13 Å². The predicted molar refractivity (Wildman–Crippen MR) is 70.4 cm³/mol. The molecule has 1 heterocycles. The molecule has 0 amide bonds. The molecular formula is C14H16FN3O. The van der Waals surface area contributed by atoms with Crippen LogP contribution in [0.3, 0.4) is 0 Å². The van der Waals surface area contributed by atoms with Gasteiger partial charge in [0.05, 0.1) is 18.8 Å². The van der Waals surface area contributed by atoms with Gasteiger partial charge < -0.3 is 10.5 Å². The van der Waals surface area contributed by atoms with Crippen molar-refractivity contribution in [3.05, 3.63) is 53.2 Å². The molecule has 2 aromatic rings. The van der Waals surface area contributed by atoms with E-state index in [0.717, 1.165) is 11.1 Å². The van der Waals surface area contributed by atoms with Crippen LogP contribution in [0.2, 0.25) is 0 Å². The summed E-state index contributed by atoms with van der Waals surface area (Å²) in [4.78, 5) is 8.08. The molecule has 19 heavy (non-hydrogen) atoms. The van der Waals surface area contributed by atoms with Crippen molar-refractivity contribution in [1.29, 1.82) is 0 Å². The molecule has 0 spiro atoms. The SMILES string of the molecule is COc1cc(C(N)Cc2ccc(F)cc2C)ncn1. The summed E-state index contributed by atoms with van der Waals surface area (Å²) in [5.74, 6) is 0.245. The number of rotatable bonds is 4. The van der Waals surface area contributed by atoms with Crippen LogP contribution in [0.5, 0.6) is 5.88 Å². The molecule has 0 radical (unpaired) electrons. The number of benzene rings is 1. The van der Waals surface area contributed by atoms with Crippen LogP contribution in [0.25, 0.3) is 0 Å². The molecule has 0 saturated heterocycles. The third-order valence-electron chi connectivity index (χ3n) is 3.00. The summed E-state index contributed by atoms with van der Waals surface area (Å²) in [5, 5.41) is 0. The minimum atomic E-state index is -0.277. The number of hydrogen-bond acceptors (Lipinski definition) is 4. The Bertz CT molecular complexity index is 574. The lowest BCUT2D eigenvalue weighted by atomic mass is 9.99. The Balaban J connectivity index is 2.17. The predicted octanol–water partition coefficient (Wildman–Crippen LogP) is 2.18. The highest BCUT2D eigenvalue weighted by molar-refractivity contribution is 5.29. The second-order valence-corrected chi connectivity index (χ2v) is 4.37. The Kier molecular flexibility index (Phi) is 4.06. The molecule has 0 aliphatic rings. The van der Waals surface area contributed by atoms with E-state index in [9.17, 15) is 4.39 Å². The molecular weight excluding hydrogens is 245 g/mol. The van der Waals surface area contributed by atoms with E-state index in [1.165, 1.54) is 18.5 Å². The fraction of sp³-hybridized carbons (Fsp3) is 0.286. The van der Waals surface area contributed by atoms with Crippen LogP contribution in [0, 0.1) is 12.7 Å². The summed E-state index contributed by atoms with van der Waals surface area (Å²) >= 11 is 0. The molecule has 0 aliphatic carbocycles. The van der Waals surface area contributed by atoms with E-state index in [1.807, 2.05) is 6.92 Å². The first-order chi connectivity index (χ1) is 9.10. The lowest BCUT2D eigenvalue weighted by Crippen LogP contribution is -2.16. The zero-order valence-electron chi connectivity index (χ0n) is 10.9. The molecule has 2 N–H and O–H groups in total. The first-order valence-electron chi connectivity index (χ1n) is 5.96. The van der Waals surface area contributed by atoms with Gasteiger partial charge in [-0.15, -0.1) is 0 Å². The average Bonchev–Trinajstić information content (AvgIpc) is 2.42. The first-order valence-corrected chi connectivity index (χ1v) is 5.96. The van der Waals surface area contributed by atoms with Crippen LogP contribution in [0.4, 0.5) is 4.39 Å². The van der Waals surface area contributed by atoms with Crippen LogP contribution in [-0.4, -0.2) is 17.1 Å². The third kappa shape index (κ3) is 3.26. The summed E-state index contributed by atoms with van der Waals surface area (Å²) in [6.45, 7) is 1.87. The van der Waals surface area contributed by atoms with Gasteiger partial charge in [-0.05, 0) is 36.6 Å². The molecule has 0 aliphatic heterocycles. The van der Waals surface area contributed by atoms with Gasteiger partial charge in [-0.3, -0.25) is 0 Å². The Morgan fingerprint density at radius 1 is 1.32 bits per heavy atom. The van der Waals surface area contributed by atoms with Gasteiger partial charge in [0.2, 0.25) is 5.88 Å². The quantitative estimate of drug-likeness (QED) is 0.916. The van der Waals surface area contributed by atoms with E-state index < -0.39 is 0 Å². The van der Waals surface area contributed by atoms with E-state index in [-0.39, 0.29) is 11.9 Å². The van der Waals surface area contributed by atoms with E-state index in [4.69, 9.17) is 10.5 Å². The smallest absolute Gasteiger partial charge is 0.216 e. The van der Waals surface area contributed by atoms with E-state index in [1.54, 1.807) is 19.2 Å². The summed E-state index contributed by atoms with van der Waals surface area (Å²) in [6.07, 6.45) is 2.01. The maximum atomic E-state index is 13.0. The molecule has 0 saturated carbocycles. The molecule has 1 unspecified atom stereocenters. The van der Waals surface area contributed by atoms with Crippen LogP contribution in [-0.2, 0) is 6.42 Å². The topological polar surface area (TPSA) is 61.0 Å². The molecule has 1 atom stereocenters. The highest BCUT2D eigenvalue weighted by Crippen LogP contribution is 2.19. The Hall–Kier alpha value is -2.01. The van der Waals surface area contributed by atoms with Gasteiger partial charge in [0.15, 0.2) is 0 Å². The number of nitrogens with two attached hydrogens (primary N) is 1. The van der Waals surface area contributed by atoms with Crippen molar-refractivity contribution in [1.82, 2.24) is 9.97 Å². The van der Waals surface area contributed by atoms with Crippen molar-refractivity contribution in [2.24, 2.45) is 5.73 Å². The van der Waals surface area contributed by atoms with Gasteiger partial charge >= 0.3 is 0 Å². The Morgan fingerprint density at radius 2 is 2.11 bits per heavy atom. The van der Waals surface area contributed by atoms with Crippen molar-refractivity contribution >= 4 is 0 Å². The lowest BCUT2D eigenvalue weighted by Gasteiger charge is -2.13. The number of aromatic nitrogens is 2.